The Morgan fingerprint density at radius 1 is 0.853 bits per heavy atom. The minimum atomic E-state index is -0.685. The molecule has 0 aromatic heterocycles. The molecule has 0 saturated carbocycles. The first-order valence-electron chi connectivity index (χ1n) is 11.6. The molecule has 2 amide bonds. The predicted octanol–water partition coefficient (Wildman–Crippen LogP) is 4.93. The summed E-state index contributed by atoms with van der Waals surface area (Å²) in [6.45, 7) is 7.92. The van der Waals surface area contributed by atoms with Gasteiger partial charge in [0.25, 0.3) is 5.91 Å². The maximum absolute atomic E-state index is 13.6. The van der Waals surface area contributed by atoms with Crippen LogP contribution in [0.5, 0.6) is 5.75 Å². The molecule has 1 N–H and O–H groups in total. The van der Waals surface area contributed by atoms with Crippen LogP contribution in [0.1, 0.15) is 37.5 Å². The third-order valence-electron chi connectivity index (χ3n) is 5.41. The average Bonchev–Trinajstić information content (AvgIpc) is 2.81. The number of ether oxygens (including phenoxy) is 1. The van der Waals surface area contributed by atoms with E-state index < -0.39 is 11.6 Å². The molecule has 0 aliphatic carbocycles. The lowest BCUT2D eigenvalue weighted by molar-refractivity contribution is -0.143. The fourth-order valence-corrected chi connectivity index (χ4v) is 3.73. The molecule has 3 aromatic rings. The molecule has 0 unspecified atom stereocenters. The Labute approximate surface area is 202 Å². The molecular formula is C29H34N2O3. The molecule has 34 heavy (non-hydrogen) atoms. The van der Waals surface area contributed by atoms with E-state index >= 15 is 0 Å². The number of nitrogens with zero attached hydrogens (tertiary/aromatic N) is 1. The number of hydrogen-bond acceptors (Lipinski definition) is 3. The van der Waals surface area contributed by atoms with Crippen molar-refractivity contribution in [2.45, 2.75) is 52.2 Å². The molecule has 0 spiro atoms. The van der Waals surface area contributed by atoms with Gasteiger partial charge in [0.05, 0.1) is 0 Å². The first-order valence-corrected chi connectivity index (χ1v) is 11.6. The number of rotatable bonds is 9. The van der Waals surface area contributed by atoms with E-state index in [0.717, 1.165) is 16.7 Å². The van der Waals surface area contributed by atoms with E-state index in [9.17, 15) is 9.59 Å². The van der Waals surface area contributed by atoms with Crippen molar-refractivity contribution < 1.29 is 14.3 Å². The Morgan fingerprint density at radius 3 is 2.00 bits per heavy atom. The zero-order chi connectivity index (χ0) is 24.6. The summed E-state index contributed by atoms with van der Waals surface area (Å²) >= 11 is 0. The van der Waals surface area contributed by atoms with Crippen molar-refractivity contribution in [1.29, 1.82) is 0 Å². The number of aryl methyl sites for hydroxylation is 1. The molecule has 3 rings (SSSR count). The number of benzene rings is 3. The second-order valence-electron chi connectivity index (χ2n) is 9.51. The largest absolute Gasteiger partial charge is 0.484 e. The van der Waals surface area contributed by atoms with Gasteiger partial charge in [-0.1, -0.05) is 78.9 Å². The number of nitrogens with one attached hydrogen (secondary N) is 1. The van der Waals surface area contributed by atoms with Gasteiger partial charge in [-0.25, -0.2) is 0 Å². The van der Waals surface area contributed by atoms with Crippen LogP contribution in [0.15, 0.2) is 84.9 Å². The quantitative estimate of drug-likeness (QED) is 0.495. The maximum Gasteiger partial charge on any atom is 0.261 e. The van der Waals surface area contributed by atoms with Crippen LogP contribution in [0.4, 0.5) is 0 Å². The van der Waals surface area contributed by atoms with E-state index in [0.29, 0.717) is 18.7 Å². The summed E-state index contributed by atoms with van der Waals surface area (Å²) in [7, 11) is 0. The van der Waals surface area contributed by atoms with Crippen LogP contribution in [0.25, 0.3) is 0 Å². The van der Waals surface area contributed by atoms with Gasteiger partial charge in [-0.3, -0.25) is 9.59 Å². The van der Waals surface area contributed by atoms with Gasteiger partial charge in [0, 0.05) is 18.5 Å². The summed E-state index contributed by atoms with van der Waals surface area (Å²) in [5.74, 6) is 0.239. The van der Waals surface area contributed by atoms with Crippen molar-refractivity contribution in [3.8, 4) is 5.75 Å². The summed E-state index contributed by atoms with van der Waals surface area (Å²) in [6.07, 6.45) is 0.408. The van der Waals surface area contributed by atoms with Crippen molar-refractivity contribution in [3.63, 3.8) is 0 Å². The number of carbonyl (C=O) groups is 2. The topological polar surface area (TPSA) is 58.6 Å². The molecule has 0 heterocycles. The average molecular weight is 459 g/mol. The SMILES string of the molecule is Cc1ccccc1OCC(=O)N(Cc1ccccc1)[C@H](Cc1ccccc1)C(=O)NC(C)(C)C. The molecule has 3 aromatic carbocycles. The number of amides is 2. The first kappa shape index (κ1) is 25.0. The van der Waals surface area contributed by atoms with Crippen LogP contribution < -0.4 is 10.1 Å². The summed E-state index contributed by atoms with van der Waals surface area (Å²) in [5.41, 5.74) is 2.47. The molecule has 5 nitrogen and oxygen atoms in total. The first-order chi connectivity index (χ1) is 16.2. The highest BCUT2D eigenvalue weighted by Gasteiger charge is 2.32. The normalized spacial score (nSPS) is 12.0. The van der Waals surface area contributed by atoms with Gasteiger partial charge < -0.3 is 15.0 Å². The molecule has 1 atom stereocenters. The summed E-state index contributed by atoms with van der Waals surface area (Å²) in [5, 5.41) is 3.07. The molecule has 178 valence electrons. The minimum Gasteiger partial charge on any atom is -0.484 e. The molecule has 0 bridgehead atoms. The third kappa shape index (κ3) is 7.48. The van der Waals surface area contributed by atoms with E-state index in [1.54, 1.807) is 4.90 Å². The zero-order valence-corrected chi connectivity index (χ0v) is 20.5. The van der Waals surface area contributed by atoms with Gasteiger partial charge in [-0.05, 0) is 50.5 Å². The standard InChI is InChI=1S/C29H34N2O3/c1-22-13-11-12-18-26(22)34-21-27(32)31(20-24-16-9-6-10-17-24)25(28(33)30-29(2,3)4)19-23-14-7-5-8-15-23/h5-18,25H,19-21H2,1-4H3,(H,30,33)/t25-/m1/s1. The van der Waals surface area contributed by atoms with Crippen LogP contribution >= 0.6 is 0 Å². The van der Waals surface area contributed by atoms with Crippen LogP contribution in [-0.2, 0) is 22.6 Å². The van der Waals surface area contributed by atoms with Gasteiger partial charge in [0.15, 0.2) is 6.61 Å². The predicted molar refractivity (Wildman–Crippen MR) is 135 cm³/mol. The van der Waals surface area contributed by atoms with Crippen molar-refractivity contribution in [1.82, 2.24) is 10.2 Å². The molecular weight excluding hydrogens is 424 g/mol. The Bertz CT molecular complexity index is 1080. The van der Waals surface area contributed by atoms with Crippen LogP contribution in [0.2, 0.25) is 0 Å². The lowest BCUT2D eigenvalue weighted by atomic mass is 10.0. The highest BCUT2D eigenvalue weighted by atomic mass is 16.5. The minimum absolute atomic E-state index is 0.147. The van der Waals surface area contributed by atoms with E-state index in [2.05, 4.69) is 5.32 Å². The molecule has 5 heteroatoms. The van der Waals surface area contributed by atoms with Crippen LogP contribution in [0, 0.1) is 6.92 Å². The highest BCUT2D eigenvalue weighted by Crippen LogP contribution is 2.19. The summed E-state index contributed by atoms with van der Waals surface area (Å²) < 4.78 is 5.88. The maximum atomic E-state index is 13.6. The Hall–Kier alpha value is -3.60. The fourth-order valence-electron chi connectivity index (χ4n) is 3.73. The molecule has 0 fully saturated rings. The van der Waals surface area contributed by atoms with Crippen molar-refractivity contribution in [2.24, 2.45) is 0 Å². The Balaban J connectivity index is 1.91. The lowest BCUT2D eigenvalue weighted by Gasteiger charge is -2.33. The summed E-state index contributed by atoms with van der Waals surface area (Å²) in [6, 6.07) is 26.4. The van der Waals surface area contributed by atoms with Gasteiger partial charge >= 0.3 is 0 Å². The second kappa shape index (κ2) is 11.5. The summed E-state index contributed by atoms with van der Waals surface area (Å²) in [4.78, 5) is 28.7. The Kier molecular flexibility index (Phi) is 8.47. The van der Waals surface area contributed by atoms with Crippen molar-refractivity contribution in [3.05, 3.63) is 102 Å². The van der Waals surface area contributed by atoms with Crippen LogP contribution in [0.3, 0.4) is 0 Å². The van der Waals surface area contributed by atoms with E-state index in [1.165, 1.54) is 0 Å². The number of carbonyl (C=O) groups excluding carboxylic acids is 2. The van der Waals surface area contributed by atoms with Crippen molar-refractivity contribution in [2.75, 3.05) is 6.61 Å². The fraction of sp³-hybridized carbons (Fsp3) is 0.310. The number of hydrogen-bond donors (Lipinski definition) is 1. The van der Waals surface area contributed by atoms with Crippen molar-refractivity contribution >= 4 is 11.8 Å². The van der Waals surface area contributed by atoms with E-state index in [-0.39, 0.29) is 18.4 Å². The van der Waals surface area contributed by atoms with Gasteiger partial charge in [0.2, 0.25) is 5.91 Å². The highest BCUT2D eigenvalue weighted by molar-refractivity contribution is 5.89. The van der Waals surface area contributed by atoms with Gasteiger partial charge in [-0.2, -0.15) is 0 Å². The molecule has 0 radical (unpaired) electrons. The van der Waals surface area contributed by atoms with Crippen LogP contribution in [-0.4, -0.2) is 34.9 Å². The lowest BCUT2D eigenvalue weighted by Crippen LogP contribution is -2.55. The van der Waals surface area contributed by atoms with E-state index in [1.807, 2.05) is 113 Å². The Morgan fingerprint density at radius 2 is 1.41 bits per heavy atom. The third-order valence-corrected chi connectivity index (χ3v) is 5.41. The monoisotopic (exact) mass is 458 g/mol. The van der Waals surface area contributed by atoms with E-state index in [4.69, 9.17) is 4.74 Å². The number of para-hydroxylation sites is 1. The van der Waals surface area contributed by atoms with Gasteiger partial charge in [-0.15, -0.1) is 0 Å². The van der Waals surface area contributed by atoms with Gasteiger partial charge in [0.1, 0.15) is 11.8 Å². The smallest absolute Gasteiger partial charge is 0.261 e. The molecule has 0 aliphatic heterocycles. The zero-order valence-electron chi connectivity index (χ0n) is 20.5. The second-order valence-corrected chi connectivity index (χ2v) is 9.51. The molecule has 0 aliphatic rings. The molecule has 0 saturated heterocycles.